The Hall–Kier alpha value is -2.84. The molecule has 1 atom stereocenters. The van der Waals surface area contributed by atoms with Crippen molar-refractivity contribution in [2.24, 2.45) is 5.92 Å². The fourth-order valence-corrected chi connectivity index (χ4v) is 5.17. The minimum absolute atomic E-state index is 0.117. The Labute approximate surface area is 224 Å². The number of thiophene rings is 1. The van der Waals surface area contributed by atoms with Gasteiger partial charge in [-0.1, -0.05) is 39.8 Å². The summed E-state index contributed by atoms with van der Waals surface area (Å²) in [6.07, 6.45) is 1.65. The molecule has 1 aromatic heterocycles. The lowest BCUT2D eigenvalue weighted by Gasteiger charge is -2.28. The molecule has 0 aliphatic carbocycles. The van der Waals surface area contributed by atoms with Crippen LogP contribution < -0.4 is 9.47 Å². The highest BCUT2D eigenvalue weighted by Crippen LogP contribution is 2.42. The Morgan fingerprint density at radius 3 is 2.51 bits per heavy atom. The molecule has 0 radical (unpaired) electrons. The summed E-state index contributed by atoms with van der Waals surface area (Å²) in [5, 5.41) is 12.7. The molecule has 0 saturated carbocycles. The first-order valence-electron chi connectivity index (χ1n) is 13.3. The molecule has 0 saturated heterocycles. The van der Waals surface area contributed by atoms with Crippen molar-refractivity contribution in [3.8, 4) is 11.5 Å². The molecule has 1 aliphatic heterocycles. The molecule has 3 rings (SSSR count). The number of ketones is 1. The van der Waals surface area contributed by atoms with E-state index in [4.69, 9.17) is 9.47 Å². The van der Waals surface area contributed by atoms with Crippen LogP contribution in [-0.4, -0.2) is 66.0 Å². The van der Waals surface area contributed by atoms with Gasteiger partial charge in [-0.05, 0) is 74.5 Å². The molecular formula is C29H40N2O5S. The van der Waals surface area contributed by atoms with E-state index in [0.29, 0.717) is 47.6 Å². The van der Waals surface area contributed by atoms with Crippen LogP contribution in [0, 0.1) is 5.92 Å². The van der Waals surface area contributed by atoms with Gasteiger partial charge in [0.1, 0.15) is 0 Å². The van der Waals surface area contributed by atoms with E-state index >= 15 is 0 Å². The average molecular weight is 529 g/mol. The second kappa shape index (κ2) is 13.6. The highest BCUT2D eigenvalue weighted by Gasteiger charge is 2.44. The summed E-state index contributed by atoms with van der Waals surface area (Å²) in [6.45, 7) is 14.5. The van der Waals surface area contributed by atoms with Crippen LogP contribution in [0.15, 0.2) is 47.0 Å². The summed E-state index contributed by atoms with van der Waals surface area (Å²) in [5.41, 5.74) is 0.825. The van der Waals surface area contributed by atoms with Gasteiger partial charge in [-0.15, -0.1) is 11.3 Å². The molecule has 1 amide bonds. The Kier molecular flexibility index (Phi) is 10.6. The van der Waals surface area contributed by atoms with Crippen LogP contribution >= 0.6 is 11.3 Å². The number of carbonyl (C=O) groups is 2. The van der Waals surface area contributed by atoms with E-state index in [1.54, 1.807) is 17.0 Å². The highest BCUT2D eigenvalue weighted by molar-refractivity contribution is 7.12. The summed E-state index contributed by atoms with van der Waals surface area (Å²) in [6, 6.07) is 8.34. The number of hydrogen-bond donors (Lipinski definition) is 1. The van der Waals surface area contributed by atoms with Crippen molar-refractivity contribution in [3.05, 3.63) is 57.5 Å². The molecule has 0 fully saturated rings. The predicted molar refractivity (Wildman–Crippen MR) is 148 cm³/mol. The Balaban J connectivity index is 1.97. The summed E-state index contributed by atoms with van der Waals surface area (Å²) >= 11 is 1.30. The first-order chi connectivity index (χ1) is 17.8. The third-order valence-corrected chi connectivity index (χ3v) is 7.47. The van der Waals surface area contributed by atoms with Crippen LogP contribution in [-0.2, 0) is 4.79 Å². The minimum atomic E-state index is -0.706. The first-order valence-corrected chi connectivity index (χ1v) is 14.1. The van der Waals surface area contributed by atoms with Crippen LogP contribution in [0.3, 0.4) is 0 Å². The number of carbonyl (C=O) groups excluding carboxylic acids is 2. The fourth-order valence-electron chi connectivity index (χ4n) is 4.49. The SMILES string of the molecule is CCOc1cc(C2C(C(=O)c3cccs3)=C(O)C(=O)N2CCCN(CC)CC)ccc1OCCC(C)C. The maximum atomic E-state index is 13.5. The third kappa shape index (κ3) is 6.93. The lowest BCUT2D eigenvalue weighted by atomic mass is 9.95. The number of benzene rings is 1. The summed E-state index contributed by atoms with van der Waals surface area (Å²) in [7, 11) is 0. The molecule has 2 heterocycles. The van der Waals surface area contributed by atoms with Gasteiger partial charge in [0, 0.05) is 6.54 Å². The van der Waals surface area contributed by atoms with Crippen LogP contribution in [0.1, 0.15) is 68.7 Å². The molecular weight excluding hydrogens is 488 g/mol. The average Bonchev–Trinajstić information content (AvgIpc) is 3.50. The molecule has 1 unspecified atom stereocenters. The van der Waals surface area contributed by atoms with E-state index < -0.39 is 17.7 Å². The van der Waals surface area contributed by atoms with Crippen molar-refractivity contribution in [2.45, 2.75) is 53.5 Å². The van der Waals surface area contributed by atoms with E-state index in [0.717, 1.165) is 32.5 Å². The number of aliphatic hydroxyl groups excluding tert-OH is 1. The lowest BCUT2D eigenvalue weighted by molar-refractivity contribution is -0.129. The molecule has 37 heavy (non-hydrogen) atoms. The minimum Gasteiger partial charge on any atom is -0.503 e. The summed E-state index contributed by atoms with van der Waals surface area (Å²) in [5.74, 6) is 0.396. The summed E-state index contributed by atoms with van der Waals surface area (Å²) < 4.78 is 11.9. The van der Waals surface area contributed by atoms with Gasteiger partial charge in [-0.25, -0.2) is 0 Å². The van der Waals surface area contributed by atoms with E-state index in [9.17, 15) is 14.7 Å². The van der Waals surface area contributed by atoms with Crippen molar-refractivity contribution in [1.82, 2.24) is 9.80 Å². The highest BCUT2D eigenvalue weighted by atomic mass is 32.1. The van der Waals surface area contributed by atoms with Crippen LogP contribution in [0.2, 0.25) is 0 Å². The van der Waals surface area contributed by atoms with E-state index in [2.05, 4.69) is 32.6 Å². The van der Waals surface area contributed by atoms with Crippen molar-refractivity contribution in [3.63, 3.8) is 0 Å². The maximum Gasteiger partial charge on any atom is 0.290 e. The fraction of sp³-hybridized carbons (Fsp3) is 0.517. The molecule has 1 aliphatic rings. The maximum absolute atomic E-state index is 13.5. The van der Waals surface area contributed by atoms with Gasteiger partial charge < -0.3 is 24.4 Å². The van der Waals surface area contributed by atoms with E-state index in [-0.39, 0.29) is 11.4 Å². The standard InChI is InChI=1S/C29H40N2O5S/c1-6-30(7-2)15-10-16-31-26(25(28(33)29(31)34)27(32)24-11-9-18-37-24)21-12-13-22(23(19-21)35-8-3)36-17-14-20(4)5/h9,11-13,18-20,26,33H,6-8,10,14-17H2,1-5H3. The number of ether oxygens (including phenoxy) is 2. The van der Waals surface area contributed by atoms with E-state index in [1.807, 2.05) is 30.5 Å². The molecule has 202 valence electrons. The summed E-state index contributed by atoms with van der Waals surface area (Å²) in [4.78, 5) is 31.2. The first kappa shape index (κ1) is 28.7. The number of rotatable bonds is 15. The second-order valence-electron chi connectivity index (χ2n) is 9.52. The van der Waals surface area contributed by atoms with Crippen LogP contribution in [0.4, 0.5) is 0 Å². The number of Topliss-reactive ketones (excluding diaryl/α,β-unsaturated/α-hetero) is 1. The number of nitrogens with zero attached hydrogens (tertiary/aromatic N) is 2. The van der Waals surface area contributed by atoms with Gasteiger partial charge in [-0.2, -0.15) is 0 Å². The molecule has 0 bridgehead atoms. The van der Waals surface area contributed by atoms with Crippen LogP contribution in [0.25, 0.3) is 0 Å². The largest absolute Gasteiger partial charge is 0.503 e. The van der Waals surface area contributed by atoms with Crippen molar-refractivity contribution in [2.75, 3.05) is 39.4 Å². The topological polar surface area (TPSA) is 79.3 Å². The zero-order chi connectivity index (χ0) is 26.9. The number of amides is 1. The van der Waals surface area contributed by atoms with Crippen molar-refractivity contribution in [1.29, 1.82) is 0 Å². The Morgan fingerprint density at radius 1 is 1.14 bits per heavy atom. The second-order valence-corrected chi connectivity index (χ2v) is 10.5. The quantitative estimate of drug-likeness (QED) is 0.291. The van der Waals surface area contributed by atoms with Crippen LogP contribution in [0.5, 0.6) is 11.5 Å². The smallest absolute Gasteiger partial charge is 0.290 e. The van der Waals surface area contributed by atoms with Crippen molar-refractivity contribution < 1.29 is 24.2 Å². The zero-order valence-electron chi connectivity index (χ0n) is 22.7. The predicted octanol–water partition coefficient (Wildman–Crippen LogP) is 5.88. The Morgan fingerprint density at radius 2 is 1.89 bits per heavy atom. The van der Waals surface area contributed by atoms with Gasteiger partial charge in [0.15, 0.2) is 17.3 Å². The van der Waals surface area contributed by atoms with Gasteiger partial charge in [-0.3, -0.25) is 9.59 Å². The molecule has 7 nitrogen and oxygen atoms in total. The van der Waals surface area contributed by atoms with Crippen molar-refractivity contribution >= 4 is 23.0 Å². The lowest BCUT2D eigenvalue weighted by Crippen LogP contribution is -2.34. The molecule has 8 heteroatoms. The number of hydrogen-bond acceptors (Lipinski definition) is 7. The molecule has 1 aromatic carbocycles. The normalized spacial score (nSPS) is 15.8. The number of aliphatic hydroxyl groups is 1. The zero-order valence-corrected chi connectivity index (χ0v) is 23.5. The van der Waals surface area contributed by atoms with Gasteiger partial charge >= 0.3 is 0 Å². The van der Waals surface area contributed by atoms with Gasteiger partial charge in [0.05, 0.1) is 29.7 Å². The Bertz CT molecular complexity index is 1080. The molecule has 1 N–H and O–H groups in total. The third-order valence-electron chi connectivity index (χ3n) is 6.60. The monoisotopic (exact) mass is 528 g/mol. The molecule has 2 aromatic rings. The van der Waals surface area contributed by atoms with Gasteiger partial charge in [0.2, 0.25) is 5.78 Å². The van der Waals surface area contributed by atoms with E-state index in [1.165, 1.54) is 11.3 Å². The van der Waals surface area contributed by atoms with Gasteiger partial charge in [0.25, 0.3) is 5.91 Å². The molecule has 0 spiro atoms.